The molecule has 0 bridgehead atoms. The molecule has 1 amide bonds. The first-order chi connectivity index (χ1) is 18.8. The topological polar surface area (TPSA) is 103 Å². The summed E-state index contributed by atoms with van der Waals surface area (Å²) in [6.45, 7) is 4.77. The second-order valence-electron chi connectivity index (χ2n) is 10.7. The Labute approximate surface area is 237 Å². The average Bonchev–Trinajstić information content (AvgIpc) is 3.30. The number of phosphoric acid groups is 1. The summed E-state index contributed by atoms with van der Waals surface area (Å²) < 4.78 is 31.8. The predicted molar refractivity (Wildman–Crippen MR) is 155 cm³/mol. The Hall–Kier alpha value is -1.25. The molecule has 0 radical (unpaired) electrons. The van der Waals surface area contributed by atoms with Gasteiger partial charge in [-0.2, -0.15) is 0 Å². The van der Waals surface area contributed by atoms with Crippen molar-refractivity contribution in [2.75, 3.05) is 26.4 Å². The quantitative estimate of drug-likeness (QED) is 0.0734. The molecule has 1 heterocycles. The zero-order valence-corrected chi connectivity index (χ0v) is 25.9. The van der Waals surface area contributed by atoms with Gasteiger partial charge in [0.1, 0.15) is 18.9 Å². The zero-order valence-electron chi connectivity index (χ0n) is 25.0. The van der Waals surface area contributed by atoms with Crippen LogP contribution in [-0.4, -0.2) is 47.8 Å². The number of aryl methyl sites for hydroxylation is 1. The van der Waals surface area contributed by atoms with Gasteiger partial charge in [-0.15, -0.1) is 0 Å². The number of carbonyl (C=O) groups is 1. The summed E-state index contributed by atoms with van der Waals surface area (Å²) in [5.41, 5.74) is 0. The summed E-state index contributed by atoms with van der Waals surface area (Å²) >= 11 is 0. The highest BCUT2D eigenvalue weighted by atomic mass is 31.2. The van der Waals surface area contributed by atoms with Gasteiger partial charge in [0.2, 0.25) is 12.2 Å². The van der Waals surface area contributed by atoms with Crippen molar-refractivity contribution in [1.29, 1.82) is 0 Å². The Morgan fingerprint density at radius 2 is 1.41 bits per heavy atom. The van der Waals surface area contributed by atoms with Gasteiger partial charge < -0.3 is 14.9 Å². The Morgan fingerprint density at radius 3 is 1.90 bits per heavy atom. The number of amides is 1. The molecule has 9 nitrogen and oxygen atoms in total. The summed E-state index contributed by atoms with van der Waals surface area (Å²) in [5, 5.41) is 2.71. The molecule has 0 saturated carbocycles. The number of hydrogen-bond donors (Lipinski definition) is 2. The minimum absolute atomic E-state index is 0.0308. The number of unbranched alkanes of at least 4 members (excludes halogenated alkanes) is 15. The van der Waals surface area contributed by atoms with E-state index in [9.17, 15) is 14.3 Å². The third-order valence-corrected chi connectivity index (χ3v) is 7.72. The van der Waals surface area contributed by atoms with Crippen LogP contribution in [0.25, 0.3) is 0 Å². The van der Waals surface area contributed by atoms with Crippen LogP contribution in [0.3, 0.4) is 0 Å². The van der Waals surface area contributed by atoms with Crippen LogP contribution in [0, 0.1) is 0 Å². The van der Waals surface area contributed by atoms with Gasteiger partial charge in [0, 0.05) is 13.5 Å². The fraction of sp³-hybridized carbons (Fsp3) is 0.862. The number of phosphoric ester groups is 1. The summed E-state index contributed by atoms with van der Waals surface area (Å²) in [7, 11) is -2.33. The molecule has 0 aromatic carbocycles. The van der Waals surface area contributed by atoms with Crippen molar-refractivity contribution in [1.82, 2.24) is 9.88 Å². The third kappa shape index (κ3) is 22.2. The molecule has 0 aliphatic heterocycles. The summed E-state index contributed by atoms with van der Waals surface area (Å²) in [6.07, 6.45) is 26.7. The molecule has 0 spiro atoms. The van der Waals surface area contributed by atoms with Crippen molar-refractivity contribution in [2.45, 2.75) is 129 Å². The molecule has 10 heteroatoms. The van der Waals surface area contributed by atoms with E-state index in [1.54, 1.807) is 0 Å². The molecule has 0 saturated heterocycles. The zero-order chi connectivity index (χ0) is 28.6. The SMILES string of the molecule is CCCCCCCCCCCCCCCCCCOC[C@H](COP(=O)(O)OCCn1cc[n+](C)c1)NC(C)=O. The number of nitrogens with one attached hydrogen (secondary N) is 1. The van der Waals surface area contributed by atoms with E-state index in [2.05, 4.69) is 12.2 Å². The largest absolute Gasteiger partial charge is 0.472 e. The van der Waals surface area contributed by atoms with Crippen molar-refractivity contribution in [3.63, 3.8) is 0 Å². The molecule has 1 rings (SSSR count). The lowest BCUT2D eigenvalue weighted by Crippen LogP contribution is -2.40. The van der Waals surface area contributed by atoms with Crippen LogP contribution in [0.5, 0.6) is 0 Å². The van der Waals surface area contributed by atoms with E-state index in [4.69, 9.17) is 13.8 Å². The maximum atomic E-state index is 12.2. The maximum Gasteiger partial charge on any atom is 0.472 e. The van der Waals surface area contributed by atoms with Crippen molar-refractivity contribution < 1.29 is 32.6 Å². The molecular weight excluding hydrogens is 517 g/mol. The van der Waals surface area contributed by atoms with Crippen molar-refractivity contribution >= 4 is 13.7 Å². The van der Waals surface area contributed by atoms with E-state index in [-0.39, 0.29) is 25.7 Å². The van der Waals surface area contributed by atoms with E-state index in [1.807, 2.05) is 34.9 Å². The van der Waals surface area contributed by atoms with Gasteiger partial charge in [0.15, 0.2) is 0 Å². The van der Waals surface area contributed by atoms with Crippen LogP contribution in [-0.2, 0) is 36.7 Å². The van der Waals surface area contributed by atoms with Crippen LogP contribution < -0.4 is 9.88 Å². The number of nitrogens with zero attached hydrogens (tertiary/aromatic N) is 2. The number of rotatable bonds is 27. The number of imidazole rings is 1. The highest BCUT2D eigenvalue weighted by molar-refractivity contribution is 7.47. The number of hydrogen-bond acceptors (Lipinski definition) is 5. The second kappa shape index (κ2) is 23.5. The Morgan fingerprint density at radius 1 is 0.872 bits per heavy atom. The first kappa shape index (κ1) is 35.8. The van der Waals surface area contributed by atoms with Crippen molar-refractivity contribution in [3.05, 3.63) is 18.7 Å². The van der Waals surface area contributed by atoms with E-state index < -0.39 is 13.9 Å². The fourth-order valence-corrected chi connectivity index (χ4v) is 5.27. The van der Waals surface area contributed by atoms with Crippen LogP contribution in [0.1, 0.15) is 117 Å². The highest BCUT2D eigenvalue weighted by Crippen LogP contribution is 2.43. The van der Waals surface area contributed by atoms with Crippen LogP contribution in [0.2, 0.25) is 0 Å². The number of ether oxygens (including phenoxy) is 1. The molecule has 2 N–H and O–H groups in total. The number of carbonyl (C=O) groups excluding carboxylic acids is 1. The standard InChI is InChI=1S/C29H56N3O6P/c1-4-5-6-7-8-9-10-11-12-13-14-15-16-17-18-19-23-36-25-29(30-28(2)33)26-38-39(34,35)37-24-22-32-21-20-31(3)27-32/h20-21,27,29H,4-19,22-26H2,1-3H3,(H-,30,33,34,35)/p+1/t29-/m1/s1. The third-order valence-electron chi connectivity index (χ3n) is 6.74. The Kier molecular flexibility index (Phi) is 21.5. The smallest absolute Gasteiger partial charge is 0.379 e. The van der Waals surface area contributed by atoms with Gasteiger partial charge in [-0.05, 0) is 6.42 Å². The van der Waals surface area contributed by atoms with Crippen molar-refractivity contribution in [3.8, 4) is 0 Å². The van der Waals surface area contributed by atoms with Gasteiger partial charge in [-0.1, -0.05) is 103 Å². The minimum Gasteiger partial charge on any atom is -0.379 e. The summed E-state index contributed by atoms with van der Waals surface area (Å²) in [4.78, 5) is 21.5. The molecule has 0 fully saturated rings. The maximum absolute atomic E-state index is 12.2. The molecule has 1 aromatic rings. The van der Waals surface area contributed by atoms with E-state index in [0.717, 1.165) is 12.8 Å². The molecule has 1 unspecified atom stereocenters. The van der Waals surface area contributed by atoms with E-state index >= 15 is 0 Å². The summed E-state index contributed by atoms with van der Waals surface area (Å²) in [5.74, 6) is -0.247. The lowest BCUT2D eigenvalue weighted by Gasteiger charge is -2.19. The first-order valence-electron chi connectivity index (χ1n) is 15.3. The van der Waals surface area contributed by atoms with E-state index in [0.29, 0.717) is 13.2 Å². The minimum atomic E-state index is -4.23. The lowest BCUT2D eigenvalue weighted by molar-refractivity contribution is -0.671. The monoisotopic (exact) mass is 574 g/mol. The van der Waals surface area contributed by atoms with Crippen LogP contribution in [0.4, 0.5) is 0 Å². The average molecular weight is 575 g/mol. The summed E-state index contributed by atoms with van der Waals surface area (Å²) in [6, 6.07) is -0.517. The highest BCUT2D eigenvalue weighted by Gasteiger charge is 2.24. The van der Waals surface area contributed by atoms with Crippen LogP contribution >= 0.6 is 7.82 Å². The molecule has 1 aromatic heterocycles. The second-order valence-corrected chi connectivity index (χ2v) is 12.1. The molecular formula is C29H57N3O6P+. The van der Waals surface area contributed by atoms with Gasteiger partial charge in [-0.3, -0.25) is 13.8 Å². The van der Waals surface area contributed by atoms with Gasteiger partial charge in [-0.25, -0.2) is 13.7 Å². The van der Waals surface area contributed by atoms with Crippen molar-refractivity contribution in [2.24, 2.45) is 7.05 Å². The van der Waals surface area contributed by atoms with Crippen LogP contribution in [0.15, 0.2) is 18.7 Å². The molecule has 2 atom stereocenters. The predicted octanol–water partition coefficient (Wildman–Crippen LogP) is 6.23. The lowest BCUT2D eigenvalue weighted by atomic mass is 10.0. The van der Waals surface area contributed by atoms with E-state index in [1.165, 1.54) is 96.8 Å². The Balaban J connectivity index is 2.00. The van der Waals surface area contributed by atoms with Gasteiger partial charge >= 0.3 is 7.82 Å². The molecule has 0 aliphatic rings. The van der Waals surface area contributed by atoms with Gasteiger partial charge in [0.25, 0.3) is 0 Å². The number of aromatic nitrogens is 2. The van der Waals surface area contributed by atoms with Gasteiger partial charge in [0.05, 0.1) is 32.9 Å². The molecule has 228 valence electrons. The fourth-order valence-electron chi connectivity index (χ4n) is 4.51. The first-order valence-corrected chi connectivity index (χ1v) is 16.8. The normalized spacial score (nSPS) is 13.8. The molecule has 0 aliphatic carbocycles. The molecule has 39 heavy (non-hydrogen) atoms. The Bertz CT molecular complexity index is 776.